The van der Waals surface area contributed by atoms with Gasteiger partial charge in [-0.15, -0.1) is 0 Å². The lowest BCUT2D eigenvalue weighted by atomic mass is 9.85. The minimum atomic E-state index is -0.835. The number of amides is 2. The largest absolute Gasteiger partial charge is 0.422 e. The number of rotatable bonds is 3. The molecule has 0 spiro atoms. The summed E-state index contributed by atoms with van der Waals surface area (Å²) in [5, 5.41) is 0. The Balaban J connectivity index is 1.47. The van der Waals surface area contributed by atoms with Gasteiger partial charge in [-0.1, -0.05) is 28.1 Å². The van der Waals surface area contributed by atoms with Crippen molar-refractivity contribution in [3.63, 3.8) is 0 Å². The molecular formula is C17H13BrFNO4. The monoisotopic (exact) mass is 393 g/mol. The van der Waals surface area contributed by atoms with E-state index in [1.54, 1.807) is 0 Å². The maximum atomic E-state index is 13.7. The van der Waals surface area contributed by atoms with Gasteiger partial charge in [-0.2, -0.15) is 0 Å². The number of imide groups is 1. The first kappa shape index (κ1) is 15.5. The number of hydrogen-bond acceptors (Lipinski definition) is 4. The van der Waals surface area contributed by atoms with E-state index in [1.807, 2.05) is 12.2 Å². The van der Waals surface area contributed by atoms with Crippen molar-refractivity contribution in [2.75, 3.05) is 6.54 Å². The molecule has 7 heteroatoms. The second-order valence-electron chi connectivity index (χ2n) is 6.31. The lowest BCUT2D eigenvalue weighted by Crippen LogP contribution is -2.38. The molecule has 2 amide bonds. The second-order valence-corrected chi connectivity index (χ2v) is 7.23. The van der Waals surface area contributed by atoms with E-state index in [1.165, 1.54) is 18.2 Å². The first-order chi connectivity index (χ1) is 11.5. The van der Waals surface area contributed by atoms with Crippen LogP contribution >= 0.6 is 15.9 Å². The molecule has 1 aromatic rings. The summed E-state index contributed by atoms with van der Waals surface area (Å²) in [7, 11) is 0. The molecule has 1 aromatic carbocycles. The minimum Gasteiger partial charge on any atom is -0.422 e. The van der Waals surface area contributed by atoms with Crippen LogP contribution in [-0.4, -0.2) is 29.2 Å². The van der Waals surface area contributed by atoms with Gasteiger partial charge in [-0.25, -0.2) is 9.18 Å². The van der Waals surface area contributed by atoms with Crippen LogP contribution in [0.15, 0.2) is 34.8 Å². The van der Waals surface area contributed by atoms with Gasteiger partial charge in [0.25, 0.3) is 0 Å². The highest BCUT2D eigenvalue weighted by molar-refractivity contribution is 9.10. The molecule has 4 rings (SSSR count). The molecule has 0 radical (unpaired) electrons. The van der Waals surface area contributed by atoms with E-state index in [0.29, 0.717) is 4.47 Å². The van der Waals surface area contributed by atoms with E-state index in [4.69, 9.17) is 4.74 Å². The van der Waals surface area contributed by atoms with Gasteiger partial charge in [0, 0.05) is 4.47 Å². The van der Waals surface area contributed by atoms with Crippen molar-refractivity contribution in [2.45, 2.75) is 6.42 Å². The highest BCUT2D eigenvalue weighted by atomic mass is 79.9. The number of esters is 1. The van der Waals surface area contributed by atoms with Crippen molar-refractivity contribution in [3.8, 4) is 5.75 Å². The van der Waals surface area contributed by atoms with Gasteiger partial charge in [-0.3, -0.25) is 14.5 Å². The molecule has 4 atom stereocenters. The number of nitrogens with zero attached hydrogens (tertiary/aromatic N) is 1. The van der Waals surface area contributed by atoms with Gasteiger partial charge >= 0.3 is 5.97 Å². The van der Waals surface area contributed by atoms with Crippen molar-refractivity contribution in [1.82, 2.24) is 4.90 Å². The van der Waals surface area contributed by atoms with Gasteiger partial charge in [-0.05, 0) is 36.5 Å². The molecule has 1 aliphatic heterocycles. The van der Waals surface area contributed by atoms with Crippen LogP contribution in [0.5, 0.6) is 5.75 Å². The predicted octanol–water partition coefficient (Wildman–Crippen LogP) is 2.30. The highest BCUT2D eigenvalue weighted by Crippen LogP contribution is 2.52. The number of benzene rings is 1. The Labute approximate surface area is 145 Å². The lowest BCUT2D eigenvalue weighted by molar-refractivity contribution is -0.148. The van der Waals surface area contributed by atoms with Crippen LogP contribution in [0, 0.1) is 29.5 Å². The average Bonchev–Trinajstić information content (AvgIpc) is 3.20. The third kappa shape index (κ3) is 2.30. The standard InChI is InChI=1S/C17H13BrFNO4/c18-10-3-4-12(11(19)6-10)24-13(21)7-20-16(22)14-8-1-2-9(5-8)15(14)17(20)23/h1-4,6,8-9,14-15H,5,7H2. The van der Waals surface area contributed by atoms with Crippen LogP contribution in [0.25, 0.3) is 0 Å². The van der Waals surface area contributed by atoms with Crippen LogP contribution in [0.1, 0.15) is 6.42 Å². The zero-order valence-electron chi connectivity index (χ0n) is 12.4. The summed E-state index contributed by atoms with van der Waals surface area (Å²) < 4.78 is 19.2. The molecule has 0 aromatic heterocycles. The summed E-state index contributed by atoms with van der Waals surface area (Å²) in [6.07, 6.45) is 4.79. The molecule has 2 bridgehead atoms. The molecule has 24 heavy (non-hydrogen) atoms. The van der Waals surface area contributed by atoms with E-state index < -0.39 is 18.3 Å². The fourth-order valence-electron chi connectivity index (χ4n) is 3.96. The summed E-state index contributed by atoms with van der Waals surface area (Å²) in [4.78, 5) is 37.9. The van der Waals surface area contributed by atoms with E-state index >= 15 is 0 Å². The molecule has 2 aliphatic carbocycles. The van der Waals surface area contributed by atoms with Gasteiger partial charge in [0.15, 0.2) is 11.6 Å². The third-order valence-electron chi connectivity index (χ3n) is 4.97. The number of fused-ring (bicyclic) bond motifs is 5. The molecule has 124 valence electrons. The van der Waals surface area contributed by atoms with Crippen LogP contribution in [0.2, 0.25) is 0 Å². The quantitative estimate of drug-likeness (QED) is 0.342. The fraction of sp³-hybridized carbons (Fsp3) is 0.353. The van der Waals surface area contributed by atoms with Crippen molar-refractivity contribution < 1.29 is 23.5 Å². The Morgan fingerprint density at radius 3 is 2.42 bits per heavy atom. The number of halogens is 2. The van der Waals surface area contributed by atoms with Gasteiger partial charge in [0.05, 0.1) is 11.8 Å². The molecule has 5 nitrogen and oxygen atoms in total. The van der Waals surface area contributed by atoms with Crippen LogP contribution in [0.4, 0.5) is 4.39 Å². The van der Waals surface area contributed by atoms with Crippen molar-refractivity contribution >= 4 is 33.7 Å². The SMILES string of the molecule is O=C(CN1C(=O)C2C3C=CC(C3)C2C1=O)Oc1ccc(Br)cc1F. The molecular weight excluding hydrogens is 381 g/mol. The highest BCUT2D eigenvalue weighted by Gasteiger charge is 2.59. The Kier molecular flexibility index (Phi) is 3.56. The normalized spacial score (nSPS) is 30.2. The predicted molar refractivity (Wildman–Crippen MR) is 84.2 cm³/mol. The van der Waals surface area contributed by atoms with Gasteiger partial charge in [0.2, 0.25) is 11.8 Å². The molecule has 4 unspecified atom stereocenters. The number of likely N-dealkylation sites (tertiary alicyclic amines) is 1. The van der Waals surface area contributed by atoms with Crippen molar-refractivity contribution in [3.05, 3.63) is 40.6 Å². The first-order valence-corrected chi connectivity index (χ1v) is 8.44. The first-order valence-electron chi connectivity index (χ1n) is 7.65. The van der Waals surface area contributed by atoms with Crippen LogP contribution in [-0.2, 0) is 14.4 Å². The summed E-state index contributed by atoms with van der Waals surface area (Å²) in [6, 6.07) is 4.01. The van der Waals surface area contributed by atoms with Crippen molar-refractivity contribution in [1.29, 1.82) is 0 Å². The molecule has 1 saturated heterocycles. The van der Waals surface area contributed by atoms with Crippen LogP contribution in [0.3, 0.4) is 0 Å². The summed E-state index contributed by atoms with van der Waals surface area (Å²) >= 11 is 3.11. The number of allylic oxidation sites excluding steroid dienone is 2. The molecule has 0 N–H and O–H groups in total. The number of hydrogen-bond donors (Lipinski definition) is 0. The number of ether oxygens (including phenoxy) is 1. The molecule has 1 saturated carbocycles. The van der Waals surface area contributed by atoms with E-state index in [2.05, 4.69) is 15.9 Å². The average molecular weight is 394 g/mol. The third-order valence-corrected chi connectivity index (χ3v) is 5.46. The topological polar surface area (TPSA) is 63.7 Å². The molecule has 3 aliphatic rings. The zero-order chi connectivity index (χ0) is 17.0. The summed E-state index contributed by atoms with van der Waals surface area (Å²) in [6.45, 7) is -0.486. The maximum Gasteiger partial charge on any atom is 0.331 e. The zero-order valence-corrected chi connectivity index (χ0v) is 14.0. The second kappa shape index (κ2) is 5.51. The smallest absolute Gasteiger partial charge is 0.331 e. The van der Waals surface area contributed by atoms with Crippen molar-refractivity contribution in [2.24, 2.45) is 23.7 Å². The number of carbonyl (C=O) groups excluding carboxylic acids is 3. The number of carbonyl (C=O) groups is 3. The van der Waals surface area contributed by atoms with E-state index in [9.17, 15) is 18.8 Å². The Morgan fingerprint density at radius 2 is 1.83 bits per heavy atom. The van der Waals surface area contributed by atoms with Gasteiger partial charge < -0.3 is 4.74 Å². The Morgan fingerprint density at radius 1 is 1.21 bits per heavy atom. The lowest BCUT2D eigenvalue weighted by Gasteiger charge is -2.16. The molecule has 1 heterocycles. The fourth-order valence-corrected chi connectivity index (χ4v) is 4.30. The summed E-state index contributed by atoms with van der Waals surface area (Å²) in [5.74, 6) is -2.96. The molecule has 2 fully saturated rings. The van der Waals surface area contributed by atoms with Gasteiger partial charge in [0.1, 0.15) is 6.54 Å². The Bertz CT molecular complexity index is 763. The minimum absolute atomic E-state index is 0.0846. The maximum absolute atomic E-state index is 13.7. The van der Waals surface area contributed by atoms with E-state index in [-0.39, 0.29) is 41.2 Å². The van der Waals surface area contributed by atoms with Crippen LogP contribution < -0.4 is 4.74 Å². The van der Waals surface area contributed by atoms with E-state index in [0.717, 1.165) is 11.3 Å². The summed E-state index contributed by atoms with van der Waals surface area (Å²) in [5.41, 5.74) is 0. The Hall–Kier alpha value is -2.02.